The van der Waals surface area contributed by atoms with Gasteiger partial charge in [-0.25, -0.2) is 0 Å². The number of carbonyl (C=O) groups excluding carboxylic acids is 1. The van der Waals surface area contributed by atoms with E-state index in [0.29, 0.717) is 17.5 Å². The Kier molecular flexibility index (Phi) is 5.53. The molecule has 0 bridgehead atoms. The van der Waals surface area contributed by atoms with Crippen molar-refractivity contribution in [2.75, 3.05) is 5.75 Å². The Morgan fingerprint density at radius 3 is 2.81 bits per heavy atom. The summed E-state index contributed by atoms with van der Waals surface area (Å²) in [5.74, 6) is 0.820. The second kappa shape index (κ2) is 8.39. The lowest BCUT2D eigenvalue weighted by Crippen LogP contribution is -2.32. The highest BCUT2D eigenvalue weighted by molar-refractivity contribution is 7.99. The summed E-state index contributed by atoms with van der Waals surface area (Å²) in [6.07, 6.45) is 3.76. The standard InChI is InChI=1S/C21H21N3O2S/c25-19(22-18-12-6-10-16-9-4-5-11-17(16)18)14-27-21-24-23-20(26-21)13-15-7-2-1-3-8-15/h1-5,7-9,11,18H,6,10,12-14H2,(H,22,25)/t18-/m1/s1. The Labute approximate surface area is 162 Å². The zero-order valence-corrected chi connectivity index (χ0v) is 15.7. The third kappa shape index (κ3) is 4.57. The first-order valence-corrected chi connectivity index (χ1v) is 10.1. The van der Waals surface area contributed by atoms with Gasteiger partial charge >= 0.3 is 0 Å². The Bertz CT molecular complexity index is 911. The number of carbonyl (C=O) groups is 1. The zero-order valence-electron chi connectivity index (χ0n) is 14.9. The van der Waals surface area contributed by atoms with Crippen LogP contribution in [0, 0.1) is 0 Å². The second-order valence-corrected chi connectivity index (χ2v) is 7.55. The molecule has 0 radical (unpaired) electrons. The quantitative estimate of drug-likeness (QED) is 0.657. The van der Waals surface area contributed by atoms with Gasteiger partial charge in [-0.3, -0.25) is 4.79 Å². The first-order valence-electron chi connectivity index (χ1n) is 9.14. The predicted octanol–water partition coefficient (Wildman–Crippen LogP) is 3.95. The number of aryl methyl sites for hydroxylation is 1. The van der Waals surface area contributed by atoms with Crippen molar-refractivity contribution in [3.05, 3.63) is 77.2 Å². The number of thioether (sulfide) groups is 1. The maximum Gasteiger partial charge on any atom is 0.277 e. The monoisotopic (exact) mass is 379 g/mol. The van der Waals surface area contributed by atoms with Crippen LogP contribution in [0.1, 0.15) is 41.5 Å². The minimum atomic E-state index is -0.00971. The molecule has 1 aliphatic carbocycles. The largest absolute Gasteiger partial charge is 0.416 e. The van der Waals surface area contributed by atoms with Gasteiger partial charge in [0.05, 0.1) is 18.2 Å². The van der Waals surface area contributed by atoms with Crippen LogP contribution in [0.25, 0.3) is 0 Å². The molecule has 1 aromatic heterocycles. The highest BCUT2D eigenvalue weighted by Crippen LogP contribution is 2.29. The van der Waals surface area contributed by atoms with Crippen LogP contribution in [0.15, 0.2) is 64.2 Å². The SMILES string of the molecule is O=C(CSc1nnc(Cc2ccccc2)o1)N[C@@H]1CCCc2ccccc21. The number of nitrogens with zero attached hydrogens (tertiary/aromatic N) is 2. The number of rotatable bonds is 6. The van der Waals surface area contributed by atoms with Crippen LogP contribution in [0.5, 0.6) is 0 Å². The molecule has 0 saturated carbocycles. The number of nitrogens with one attached hydrogen (secondary N) is 1. The predicted molar refractivity (Wildman–Crippen MR) is 105 cm³/mol. The molecule has 1 atom stereocenters. The lowest BCUT2D eigenvalue weighted by molar-refractivity contribution is -0.119. The number of fused-ring (bicyclic) bond motifs is 1. The number of benzene rings is 2. The maximum absolute atomic E-state index is 12.4. The molecule has 138 valence electrons. The smallest absolute Gasteiger partial charge is 0.277 e. The van der Waals surface area contributed by atoms with Gasteiger partial charge in [-0.15, -0.1) is 10.2 Å². The molecule has 1 heterocycles. The van der Waals surface area contributed by atoms with Crippen molar-refractivity contribution in [3.8, 4) is 0 Å². The van der Waals surface area contributed by atoms with Crippen molar-refractivity contribution in [2.45, 2.75) is 36.9 Å². The van der Waals surface area contributed by atoms with E-state index in [1.54, 1.807) is 0 Å². The molecule has 0 saturated heterocycles. The van der Waals surface area contributed by atoms with E-state index >= 15 is 0 Å². The number of amides is 1. The van der Waals surface area contributed by atoms with Crippen molar-refractivity contribution in [1.29, 1.82) is 0 Å². The van der Waals surface area contributed by atoms with Gasteiger partial charge in [0.25, 0.3) is 5.22 Å². The average Bonchev–Trinajstić information content (AvgIpc) is 3.15. The highest BCUT2D eigenvalue weighted by Gasteiger charge is 2.21. The number of aromatic nitrogens is 2. The summed E-state index contributed by atoms with van der Waals surface area (Å²) in [6, 6.07) is 18.4. The lowest BCUT2D eigenvalue weighted by atomic mass is 9.88. The fourth-order valence-electron chi connectivity index (χ4n) is 3.41. The summed E-state index contributed by atoms with van der Waals surface area (Å²) in [5, 5.41) is 11.7. The molecule has 27 heavy (non-hydrogen) atoms. The van der Waals surface area contributed by atoms with Crippen LogP contribution in [-0.2, 0) is 17.6 Å². The van der Waals surface area contributed by atoms with E-state index in [2.05, 4.69) is 33.7 Å². The van der Waals surface area contributed by atoms with Crippen LogP contribution < -0.4 is 5.32 Å². The van der Waals surface area contributed by atoms with Crippen molar-refractivity contribution >= 4 is 17.7 Å². The van der Waals surface area contributed by atoms with Crippen molar-refractivity contribution in [1.82, 2.24) is 15.5 Å². The summed E-state index contributed by atoms with van der Waals surface area (Å²) in [6.45, 7) is 0. The zero-order chi connectivity index (χ0) is 18.5. The molecule has 1 N–H and O–H groups in total. The second-order valence-electron chi connectivity index (χ2n) is 6.62. The normalized spacial score (nSPS) is 15.9. The Hall–Kier alpha value is -2.60. The van der Waals surface area contributed by atoms with Crippen LogP contribution >= 0.6 is 11.8 Å². The van der Waals surface area contributed by atoms with E-state index in [1.807, 2.05) is 36.4 Å². The summed E-state index contributed by atoms with van der Waals surface area (Å²) in [5.41, 5.74) is 3.70. The molecule has 0 spiro atoms. The Morgan fingerprint density at radius 1 is 1.11 bits per heavy atom. The molecule has 3 aromatic rings. The fourth-order valence-corrected chi connectivity index (χ4v) is 4.00. The fraction of sp³-hybridized carbons (Fsp3) is 0.286. The van der Waals surface area contributed by atoms with E-state index in [-0.39, 0.29) is 17.7 Å². The molecule has 0 fully saturated rings. The number of hydrogen-bond donors (Lipinski definition) is 1. The summed E-state index contributed by atoms with van der Waals surface area (Å²) >= 11 is 1.28. The van der Waals surface area contributed by atoms with Gasteiger partial charge < -0.3 is 9.73 Å². The van der Waals surface area contributed by atoms with Gasteiger partial charge in [-0.2, -0.15) is 0 Å². The topological polar surface area (TPSA) is 68.0 Å². The first-order chi connectivity index (χ1) is 13.3. The lowest BCUT2D eigenvalue weighted by Gasteiger charge is -2.26. The third-order valence-corrected chi connectivity index (χ3v) is 5.50. The summed E-state index contributed by atoms with van der Waals surface area (Å²) in [4.78, 5) is 12.4. The highest BCUT2D eigenvalue weighted by atomic mass is 32.2. The van der Waals surface area contributed by atoms with Crippen molar-refractivity contribution < 1.29 is 9.21 Å². The maximum atomic E-state index is 12.4. The van der Waals surface area contributed by atoms with Crippen LogP contribution in [0.4, 0.5) is 0 Å². The average molecular weight is 379 g/mol. The minimum Gasteiger partial charge on any atom is -0.416 e. The van der Waals surface area contributed by atoms with Crippen LogP contribution in [0.3, 0.4) is 0 Å². The Morgan fingerprint density at radius 2 is 1.93 bits per heavy atom. The van der Waals surface area contributed by atoms with E-state index in [9.17, 15) is 4.79 Å². The molecule has 0 unspecified atom stereocenters. The van der Waals surface area contributed by atoms with Gasteiger partial charge in [0.2, 0.25) is 11.8 Å². The van der Waals surface area contributed by atoms with Gasteiger partial charge in [0, 0.05) is 0 Å². The van der Waals surface area contributed by atoms with Gasteiger partial charge in [-0.1, -0.05) is 66.4 Å². The molecular weight excluding hydrogens is 358 g/mol. The van der Waals surface area contributed by atoms with E-state index in [4.69, 9.17) is 4.42 Å². The summed E-state index contributed by atoms with van der Waals surface area (Å²) < 4.78 is 5.64. The molecule has 0 aliphatic heterocycles. The molecule has 2 aromatic carbocycles. The van der Waals surface area contributed by atoms with Crippen LogP contribution in [0.2, 0.25) is 0 Å². The van der Waals surface area contributed by atoms with E-state index < -0.39 is 0 Å². The van der Waals surface area contributed by atoms with Crippen molar-refractivity contribution in [3.63, 3.8) is 0 Å². The van der Waals surface area contributed by atoms with Gasteiger partial charge in [0.1, 0.15) is 0 Å². The van der Waals surface area contributed by atoms with E-state index in [1.165, 1.54) is 22.9 Å². The molecule has 1 aliphatic rings. The van der Waals surface area contributed by atoms with E-state index in [0.717, 1.165) is 24.8 Å². The van der Waals surface area contributed by atoms with Crippen LogP contribution in [-0.4, -0.2) is 21.9 Å². The van der Waals surface area contributed by atoms with Gasteiger partial charge in [-0.05, 0) is 36.0 Å². The first kappa shape index (κ1) is 17.8. The Balaban J connectivity index is 1.30. The molecule has 1 amide bonds. The molecule has 5 nitrogen and oxygen atoms in total. The number of hydrogen-bond acceptors (Lipinski definition) is 5. The summed E-state index contributed by atoms with van der Waals surface area (Å²) in [7, 11) is 0. The third-order valence-electron chi connectivity index (χ3n) is 4.68. The minimum absolute atomic E-state index is 0.00971. The van der Waals surface area contributed by atoms with Crippen molar-refractivity contribution in [2.24, 2.45) is 0 Å². The molecule has 4 rings (SSSR count). The van der Waals surface area contributed by atoms with Gasteiger partial charge in [0.15, 0.2) is 0 Å². The molecular formula is C21H21N3O2S. The molecule has 6 heteroatoms.